The molecule has 0 radical (unpaired) electrons. The van der Waals surface area contributed by atoms with Crippen molar-refractivity contribution in [2.45, 2.75) is 26.2 Å². The van der Waals surface area contributed by atoms with Crippen LogP contribution < -0.4 is 10.2 Å². The van der Waals surface area contributed by atoms with Gasteiger partial charge in [0, 0.05) is 13.1 Å². The molecule has 0 amide bonds. The van der Waals surface area contributed by atoms with Crippen LogP contribution in [0, 0.1) is 5.92 Å². The third-order valence-electron chi connectivity index (χ3n) is 3.37. The average Bonchev–Trinajstić information content (AvgIpc) is 2.78. The van der Waals surface area contributed by atoms with Gasteiger partial charge in [0.2, 0.25) is 0 Å². The molecular weight excluding hydrogens is 212 g/mol. The van der Waals surface area contributed by atoms with Gasteiger partial charge in [-0.3, -0.25) is 0 Å². The lowest BCUT2D eigenvalue weighted by Gasteiger charge is -2.17. The molecule has 1 aliphatic rings. The van der Waals surface area contributed by atoms with Gasteiger partial charge in [0.1, 0.15) is 0 Å². The van der Waals surface area contributed by atoms with Crippen LogP contribution in [-0.2, 0) is 0 Å². The summed E-state index contributed by atoms with van der Waals surface area (Å²) in [5.74, 6) is 2.21. The van der Waals surface area contributed by atoms with Crippen molar-refractivity contribution in [3.05, 3.63) is 17.8 Å². The van der Waals surface area contributed by atoms with Crippen LogP contribution in [0.1, 0.15) is 31.9 Å². The molecule has 1 aromatic heterocycles. The van der Waals surface area contributed by atoms with Crippen molar-refractivity contribution in [1.29, 1.82) is 0 Å². The van der Waals surface area contributed by atoms with E-state index in [9.17, 15) is 0 Å². The van der Waals surface area contributed by atoms with Gasteiger partial charge in [-0.05, 0) is 44.0 Å². The zero-order chi connectivity index (χ0) is 12.3. The Morgan fingerprint density at radius 3 is 2.82 bits per heavy atom. The van der Waals surface area contributed by atoms with Gasteiger partial charge in [-0.1, -0.05) is 13.8 Å². The van der Waals surface area contributed by atoms with Crippen LogP contribution in [0.25, 0.3) is 0 Å². The Bertz CT molecular complexity index is 347. The second-order valence-corrected chi connectivity index (χ2v) is 5.13. The van der Waals surface area contributed by atoms with Crippen LogP contribution in [0.15, 0.2) is 12.1 Å². The van der Waals surface area contributed by atoms with E-state index >= 15 is 0 Å². The number of hydrogen-bond donors (Lipinski definition) is 1. The molecule has 1 atom stereocenters. The molecule has 94 valence electrons. The lowest BCUT2D eigenvalue weighted by Crippen LogP contribution is -2.25. The normalized spacial score (nSPS) is 20.2. The Hall–Kier alpha value is -1.16. The van der Waals surface area contributed by atoms with E-state index in [2.05, 4.69) is 46.4 Å². The van der Waals surface area contributed by atoms with Gasteiger partial charge >= 0.3 is 0 Å². The second kappa shape index (κ2) is 5.45. The van der Waals surface area contributed by atoms with Crippen LogP contribution in [0.5, 0.6) is 0 Å². The highest BCUT2D eigenvalue weighted by molar-refractivity contribution is 5.38. The van der Waals surface area contributed by atoms with Gasteiger partial charge in [-0.15, -0.1) is 5.10 Å². The predicted octanol–water partition coefficient (Wildman–Crippen LogP) is 1.65. The number of nitrogens with one attached hydrogen (secondary N) is 1. The van der Waals surface area contributed by atoms with Crippen LogP contribution in [0.4, 0.5) is 5.82 Å². The van der Waals surface area contributed by atoms with E-state index in [4.69, 9.17) is 0 Å². The van der Waals surface area contributed by atoms with Crippen molar-refractivity contribution < 1.29 is 0 Å². The molecule has 0 aliphatic carbocycles. The molecule has 17 heavy (non-hydrogen) atoms. The maximum atomic E-state index is 4.33. The Labute approximate surface area is 103 Å². The summed E-state index contributed by atoms with van der Waals surface area (Å²) in [6.45, 7) is 7.57. The Balaban J connectivity index is 1.99. The van der Waals surface area contributed by atoms with Crippen LogP contribution in [-0.4, -0.2) is 36.9 Å². The molecule has 0 spiro atoms. The van der Waals surface area contributed by atoms with E-state index in [1.165, 1.54) is 6.42 Å². The molecule has 4 heteroatoms. The molecule has 1 saturated heterocycles. The maximum Gasteiger partial charge on any atom is 0.151 e. The third-order valence-corrected chi connectivity index (χ3v) is 3.37. The molecule has 2 rings (SSSR count). The molecule has 1 aliphatic heterocycles. The zero-order valence-electron chi connectivity index (χ0n) is 11.0. The fraction of sp³-hybridized carbons (Fsp3) is 0.692. The summed E-state index contributed by atoms with van der Waals surface area (Å²) >= 11 is 0. The number of nitrogens with zero attached hydrogens (tertiary/aromatic N) is 3. The first-order valence-electron chi connectivity index (χ1n) is 6.44. The number of rotatable bonds is 4. The molecule has 0 bridgehead atoms. The van der Waals surface area contributed by atoms with Crippen molar-refractivity contribution in [3.63, 3.8) is 0 Å². The predicted molar refractivity (Wildman–Crippen MR) is 70.4 cm³/mol. The topological polar surface area (TPSA) is 41.0 Å². The largest absolute Gasteiger partial charge is 0.355 e. The summed E-state index contributed by atoms with van der Waals surface area (Å²) in [4.78, 5) is 2.33. The average molecular weight is 234 g/mol. The first-order valence-corrected chi connectivity index (χ1v) is 6.44. The minimum Gasteiger partial charge on any atom is -0.355 e. The van der Waals surface area contributed by atoms with Gasteiger partial charge in [0.05, 0.1) is 5.69 Å². The molecule has 2 heterocycles. The van der Waals surface area contributed by atoms with Gasteiger partial charge < -0.3 is 10.2 Å². The Kier molecular flexibility index (Phi) is 3.94. The zero-order valence-corrected chi connectivity index (χ0v) is 11.0. The molecule has 1 fully saturated rings. The maximum absolute atomic E-state index is 4.33. The van der Waals surface area contributed by atoms with Gasteiger partial charge in [0.25, 0.3) is 0 Å². The minimum atomic E-state index is 0.451. The minimum absolute atomic E-state index is 0.451. The van der Waals surface area contributed by atoms with Crippen LogP contribution in [0.2, 0.25) is 0 Å². The number of hydrogen-bond acceptors (Lipinski definition) is 4. The summed E-state index contributed by atoms with van der Waals surface area (Å²) in [6, 6.07) is 4.20. The van der Waals surface area contributed by atoms with Crippen LogP contribution in [0.3, 0.4) is 0 Å². The van der Waals surface area contributed by atoms with E-state index in [0.717, 1.165) is 37.1 Å². The summed E-state index contributed by atoms with van der Waals surface area (Å²) in [6.07, 6.45) is 1.24. The van der Waals surface area contributed by atoms with Crippen molar-refractivity contribution in [3.8, 4) is 0 Å². The van der Waals surface area contributed by atoms with Crippen LogP contribution >= 0.6 is 0 Å². The van der Waals surface area contributed by atoms with Gasteiger partial charge in [-0.2, -0.15) is 5.10 Å². The summed E-state index contributed by atoms with van der Waals surface area (Å²) < 4.78 is 0. The lowest BCUT2D eigenvalue weighted by molar-refractivity contribution is 0.548. The molecule has 0 aromatic carbocycles. The summed E-state index contributed by atoms with van der Waals surface area (Å²) in [7, 11) is 2.01. The highest BCUT2D eigenvalue weighted by Gasteiger charge is 2.23. The molecule has 1 N–H and O–H groups in total. The quantitative estimate of drug-likeness (QED) is 0.860. The number of aromatic nitrogens is 2. The second-order valence-electron chi connectivity index (χ2n) is 5.13. The highest BCUT2D eigenvalue weighted by Crippen LogP contribution is 2.22. The molecule has 0 saturated carbocycles. The number of anilines is 1. The highest BCUT2D eigenvalue weighted by atomic mass is 15.3. The molecule has 4 nitrogen and oxygen atoms in total. The SMILES string of the molecule is CNCC1CCN(c2ccc(C(C)C)nn2)C1. The monoisotopic (exact) mass is 234 g/mol. The van der Waals surface area contributed by atoms with Crippen molar-refractivity contribution in [2.75, 3.05) is 31.6 Å². The Morgan fingerprint density at radius 1 is 1.41 bits per heavy atom. The third kappa shape index (κ3) is 2.94. The van der Waals surface area contributed by atoms with E-state index in [1.807, 2.05) is 7.05 Å². The smallest absolute Gasteiger partial charge is 0.151 e. The van der Waals surface area contributed by atoms with E-state index in [0.29, 0.717) is 5.92 Å². The van der Waals surface area contributed by atoms with Crippen molar-refractivity contribution in [2.24, 2.45) is 5.92 Å². The summed E-state index contributed by atoms with van der Waals surface area (Å²) in [5.41, 5.74) is 1.07. The Morgan fingerprint density at radius 2 is 2.24 bits per heavy atom. The fourth-order valence-corrected chi connectivity index (χ4v) is 2.31. The molecule has 1 unspecified atom stereocenters. The standard InChI is InChI=1S/C13H22N4/c1-10(2)12-4-5-13(16-15-12)17-7-6-11(9-17)8-14-3/h4-5,10-11,14H,6-9H2,1-3H3. The first-order chi connectivity index (χ1) is 8.20. The first kappa shape index (κ1) is 12.3. The van der Waals surface area contributed by atoms with E-state index in [-0.39, 0.29) is 0 Å². The van der Waals surface area contributed by atoms with Gasteiger partial charge in [-0.25, -0.2) is 0 Å². The molecule has 1 aromatic rings. The van der Waals surface area contributed by atoms with Gasteiger partial charge in [0.15, 0.2) is 5.82 Å². The summed E-state index contributed by atoms with van der Waals surface area (Å²) in [5, 5.41) is 11.9. The fourth-order valence-electron chi connectivity index (χ4n) is 2.31. The molecular formula is C13H22N4. The van der Waals surface area contributed by atoms with Crippen molar-refractivity contribution >= 4 is 5.82 Å². The van der Waals surface area contributed by atoms with Crippen molar-refractivity contribution in [1.82, 2.24) is 15.5 Å². The lowest BCUT2D eigenvalue weighted by atomic mass is 10.1. The van der Waals surface area contributed by atoms with E-state index < -0.39 is 0 Å². The van der Waals surface area contributed by atoms with E-state index in [1.54, 1.807) is 0 Å².